The van der Waals surface area contributed by atoms with Crippen LogP contribution in [0.25, 0.3) is 22.6 Å². The minimum absolute atomic E-state index is 0.0944. The summed E-state index contributed by atoms with van der Waals surface area (Å²) in [6.45, 7) is 4.66. The number of fused-ring (bicyclic) bond motifs is 1. The minimum Gasteiger partial charge on any atom is -0.328 e. The van der Waals surface area contributed by atoms with Gasteiger partial charge in [0, 0.05) is 25.0 Å². The lowest BCUT2D eigenvalue weighted by atomic mass is 9.77. The summed E-state index contributed by atoms with van der Waals surface area (Å²) < 4.78 is 2.06. The summed E-state index contributed by atoms with van der Waals surface area (Å²) in [4.78, 5) is 22.5. The highest BCUT2D eigenvalue weighted by Crippen LogP contribution is 2.36. The first kappa shape index (κ1) is 17.0. The van der Waals surface area contributed by atoms with Gasteiger partial charge in [-0.15, -0.1) is 0 Å². The number of aromatic nitrogens is 6. The molecule has 8 heteroatoms. The lowest BCUT2D eigenvalue weighted by molar-refractivity contribution is 0.269. The van der Waals surface area contributed by atoms with E-state index in [0.717, 1.165) is 59.9 Å². The van der Waals surface area contributed by atoms with Gasteiger partial charge in [-0.05, 0) is 39.5 Å². The molecule has 1 aliphatic rings. The summed E-state index contributed by atoms with van der Waals surface area (Å²) in [5.74, 6) is 1.51. The first-order valence-electron chi connectivity index (χ1n) is 9.07. The van der Waals surface area contributed by atoms with Crippen LogP contribution >= 0.6 is 0 Å². The summed E-state index contributed by atoms with van der Waals surface area (Å²) >= 11 is 0. The van der Waals surface area contributed by atoms with Gasteiger partial charge < -0.3 is 16.0 Å². The molecule has 0 amide bonds. The van der Waals surface area contributed by atoms with E-state index in [4.69, 9.17) is 16.5 Å². The van der Waals surface area contributed by atoms with Crippen LogP contribution in [0.3, 0.4) is 0 Å². The van der Waals surface area contributed by atoms with Gasteiger partial charge in [0.25, 0.3) is 0 Å². The van der Waals surface area contributed by atoms with Crippen LogP contribution in [-0.4, -0.2) is 35.5 Å². The average molecular weight is 352 g/mol. The van der Waals surface area contributed by atoms with Crippen molar-refractivity contribution in [2.45, 2.75) is 57.7 Å². The third-order valence-electron chi connectivity index (χ3n) is 5.18. The summed E-state index contributed by atoms with van der Waals surface area (Å²) in [5.41, 5.74) is 15.6. The Morgan fingerprint density at radius 1 is 1.23 bits per heavy atom. The molecule has 136 valence electrons. The van der Waals surface area contributed by atoms with E-state index >= 15 is 0 Å². The SMILES string of the molecule is CCn1c(-c2cnc(C)nc2)nc2c(C3(N)CCCC(N)C3)ncnc21. The van der Waals surface area contributed by atoms with Gasteiger partial charge in [0.15, 0.2) is 5.65 Å². The maximum absolute atomic E-state index is 6.75. The lowest BCUT2D eigenvalue weighted by Crippen LogP contribution is -2.46. The highest BCUT2D eigenvalue weighted by atomic mass is 15.1. The standard InChI is InChI=1S/C18H24N8/c1-3-26-16(12-8-21-11(2)22-9-12)25-14-15(23-10-24-17(14)26)18(20)6-4-5-13(19)7-18/h8-10,13H,3-7,19-20H2,1-2H3. The normalized spacial score (nSPS) is 23.5. The van der Waals surface area contributed by atoms with E-state index in [1.807, 2.05) is 6.92 Å². The Labute approximate surface area is 152 Å². The van der Waals surface area contributed by atoms with E-state index < -0.39 is 5.54 Å². The second-order valence-electron chi connectivity index (χ2n) is 7.11. The van der Waals surface area contributed by atoms with Gasteiger partial charge >= 0.3 is 0 Å². The highest BCUT2D eigenvalue weighted by Gasteiger charge is 2.37. The topological polar surface area (TPSA) is 121 Å². The Bertz CT molecular complexity index is 932. The predicted molar refractivity (Wildman–Crippen MR) is 99.1 cm³/mol. The number of rotatable bonds is 3. The molecule has 3 aromatic rings. The van der Waals surface area contributed by atoms with Gasteiger partial charge in [-0.1, -0.05) is 0 Å². The number of aryl methyl sites for hydroxylation is 2. The van der Waals surface area contributed by atoms with Crippen molar-refractivity contribution in [3.8, 4) is 11.4 Å². The van der Waals surface area contributed by atoms with Gasteiger partial charge in [0.05, 0.1) is 16.8 Å². The van der Waals surface area contributed by atoms with Gasteiger partial charge in [0.2, 0.25) is 0 Å². The molecule has 3 aromatic heterocycles. The average Bonchev–Trinajstić information content (AvgIpc) is 3.00. The van der Waals surface area contributed by atoms with Crippen molar-refractivity contribution in [1.82, 2.24) is 29.5 Å². The zero-order valence-corrected chi connectivity index (χ0v) is 15.2. The molecule has 4 rings (SSSR count). The van der Waals surface area contributed by atoms with E-state index in [0.29, 0.717) is 6.42 Å². The van der Waals surface area contributed by atoms with E-state index in [1.54, 1.807) is 18.7 Å². The Morgan fingerprint density at radius 3 is 2.69 bits per heavy atom. The van der Waals surface area contributed by atoms with Gasteiger partial charge in [-0.2, -0.15) is 0 Å². The fourth-order valence-corrected chi connectivity index (χ4v) is 3.90. The molecule has 0 aliphatic heterocycles. The van der Waals surface area contributed by atoms with Crippen LogP contribution in [0.5, 0.6) is 0 Å². The molecular formula is C18H24N8. The zero-order valence-electron chi connectivity index (χ0n) is 15.2. The maximum Gasteiger partial charge on any atom is 0.164 e. The molecular weight excluding hydrogens is 328 g/mol. The Kier molecular flexibility index (Phi) is 4.16. The molecule has 1 aliphatic carbocycles. The van der Waals surface area contributed by atoms with Crippen LogP contribution in [-0.2, 0) is 12.1 Å². The van der Waals surface area contributed by atoms with Crippen LogP contribution in [0.2, 0.25) is 0 Å². The smallest absolute Gasteiger partial charge is 0.164 e. The third kappa shape index (κ3) is 2.75. The molecule has 0 radical (unpaired) electrons. The first-order valence-corrected chi connectivity index (χ1v) is 9.07. The van der Waals surface area contributed by atoms with Crippen LogP contribution in [0.4, 0.5) is 0 Å². The molecule has 1 fully saturated rings. The molecule has 8 nitrogen and oxygen atoms in total. The molecule has 0 saturated heterocycles. The van der Waals surface area contributed by atoms with Gasteiger partial charge in [-0.3, -0.25) is 0 Å². The summed E-state index contributed by atoms with van der Waals surface area (Å²) in [5, 5.41) is 0. The molecule has 4 N–H and O–H groups in total. The minimum atomic E-state index is -0.563. The first-order chi connectivity index (χ1) is 12.5. The number of nitrogens with two attached hydrogens (primary N) is 2. The van der Waals surface area contributed by atoms with Crippen LogP contribution in [0, 0.1) is 6.92 Å². The molecule has 2 unspecified atom stereocenters. The van der Waals surface area contributed by atoms with Crippen molar-refractivity contribution < 1.29 is 0 Å². The van der Waals surface area contributed by atoms with Crippen molar-refractivity contribution in [2.75, 3.05) is 0 Å². The van der Waals surface area contributed by atoms with E-state index in [9.17, 15) is 0 Å². The third-order valence-corrected chi connectivity index (χ3v) is 5.18. The largest absolute Gasteiger partial charge is 0.328 e. The summed E-state index contributed by atoms with van der Waals surface area (Å²) in [7, 11) is 0. The van der Waals surface area contributed by atoms with Gasteiger partial charge in [0.1, 0.15) is 23.5 Å². The molecule has 0 bridgehead atoms. The molecule has 2 atom stereocenters. The Hall–Kier alpha value is -2.45. The van der Waals surface area contributed by atoms with E-state index in [1.165, 1.54) is 0 Å². The van der Waals surface area contributed by atoms with Crippen LogP contribution < -0.4 is 11.5 Å². The second-order valence-corrected chi connectivity index (χ2v) is 7.11. The second kappa shape index (κ2) is 6.37. The van der Waals surface area contributed by atoms with Crippen molar-refractivity contribution >= 4 is 11.2 Å². The summed E-state index contributed by atoms with van der Waals surface area (Å²) in [6, 6.07) is 0.0944. The maximum atomic E-state index is 6.75. The van der Waals surface area contributed by atoms with Crippen molar-refractivity contribution in [2.24, 2.45) is 11.5 Å². The fraction of sp³-hybridized carbons (Fsp3) is 0.500. The van der Waals surface area contributed by atoms with Crippen molar-refractivity contribution in [1.29, 1.82) is 0 Å². The Morgan fingerprint density at radius 2 is 2.00 bits per heavy atom. The van der Waals surface area contributed by atoms with Crippen molar-refractivity contribution in [3.05, 3.63) is 30.2 Å². The fourth-order valence-electron chi connectivity index (χ4n) is 3.90. The summed E-state index contributed by atoms with van der Waals surface area (Å²) in [6.07, 6.45) is 8.72. The van der Waals surface area contributed by atoms with E-state index in [2.05, 4.69) is 31.4 Å². The Balaban J connectivity index is 1.90. The molecule has 1 saturated carbocycles. The highest BCUT2D eigenvalue weighted by molar-refractivity contribution is 5.79. The predicted octanol–water partition coefficient (Wildman–Crippen LogP) is 1.67. The molecule has 26 heavy (non-hydrogen) atoms. The zero-order chi connectivity index (χ0) is 18.3. The van der Waals surface area contributed by atoms with E-state index in [-0.39, 0.29) is 6.04 Å². The monoisotopic (exact) mass is 352 g/mol. The van der Waals surface area contributed by atoms with Gasteiger partial charge in [-0.25, -0.2) is 24.9 Å². The van der Waals surface area contributed by atoms with Crippen LogP contribution in [0.1, 0.15) is 44.1 Å². The molecule has 0 spiro atoms. The number of imidazole rings is 1. The molecule has 3 heterocycles. The number of nitrogens with zero attached hydrogens (tertiary/aromatic N) is 6. The van der Waals surface area contributed by atoms with Crippen LogP contribution in [0.15, 0.2) is 18.7 Å². The quantitative estimate of drug-likeness (QED) is 0.735. The number of hydrogen-bond acceptors (Lipinski definition) is 7. The van der Waals surface area contributed by atoms with Crippen molar-refractivity contribution in [3.63, 3.8) is 0 Å². The lowest BCUT2D eigenvalue weighted by Gasteiger charge is -2.36. The molecule has 0 aromatic carbocycles. The number of hydrogen-bond donors (Lipinski definition) is 2.